The lowest BCUT2D eigenvalue weighted by molar-refractivity contribution is 0.237. The first-order valence-electron chi connectivity index (χ1n) is 6.62. The number of benzene rings is 1. The van der Waals surface area contributed by atoms with Crippen LogP contribution in [0, 0.1) is 11.3 Å². The molecule has 4 heteroatoms. The molecule has 1 atom stereocenters. The average molecular weight is 271 g/mol. The zero-order chi connectivity index (χ0) is 14.9. The second-order valence-electron chi connectivity index (χ2n) is 5.61. The smallest absolute Gasteiger partial charge is 0.119 e. The molecule has 1 aromatic heterocycles. The van der Waals surface area contributed by atoms with Crippen LogP contribution >= 0.6 is 0 Å². The highest BCUT2D eigenvalue weighted by Gasteiger charge is 2.28. The monoisotopic (exact) mass is 271 g/mol. The van der Waals surface area contributed by atoms with Gasteiger partial charge in [-0.3, -0.25) is 4.90 Å². The predicted molar refractivity (Wildman–Crippen MR) is 80.9 cm³/mol. The van der Waals surface area contributed by atoms with E-state index in [0.29, 0.717) is 6.42 Å². The maximum absolute atomic E-state index is 9.47. The number of nitrogens with zero attached hydrogens (tertiary/aromatic N) is 3. The highest BCUT2D eigenvalue weighted by Crippen LogP contribution is 2.29. The Balaban J connectivity index is 2.52. The first-order chi connectivity index (χ1) is 9.41. The summed E-state index contributed by atoms with van der Waals surface area (Å²) in [6.45, 7) is 1.96. The van der Waals surface area contributed by atoms with E-state index in [1.54, 1.807) is 7.11 Å². The SMILES string of the molecule is COc1ccc2c(c1)c(CC(C)(C#N)N(C)C)cn2C. The number of aromatic nitrogens is 1. The van der Waals surface area contributed by atoms with Crippen molar-refractivity contribution in [2.24, 2.45) is 7.05 Å². The van der Waals surface area contributed by atoms with Gasteiger partial charge >= 0.3 is 0 Å². The predicted octanol–water partition coefficient (Wildman–Crippen LogP) is 2.57. The number of methoxy groups -OCH3 is 1. The summed E-state index contributed by atoms with van der Waals surface area (Å²) < 4.78 is 7.40. The fourth-order valence-electron chi connectivity index (χ4n) is 2.39. The van der Waals surface area contributed by atoms with Crippen LogP contribution in [0.3, 0.4) is 0 Å². The largest absolute Gasteiger partial charge is 0.497 e. The van der Waals surface area contributed by atoms with Gasteiger partial charge < -0.3 is 9.30 Å². The number of rotatable bonds is 4. The van der Waals surface area contributed by atoms with Crippen LogP contribution in [0.5, 0.6) is 5.75 Å². The molecule has 0 aliphatic carbocycles. The summed E-state index contributed by atoms with van der Waals surface area (Å²) in [5.74, 6) is 0.841. The molecular weight excluding hydrogens is 250 g/mol. The van der Waals surface area contributed by atoms with E-state index in [1.807, 2.05) is 45.1 Å². The van der Waals surface area contributed by atoms with Crippen molar-refractivity contribution in [3.05, 3.63) is 30.0 Å². The molecule has 1 aromatic carbocycles. The quantitative estimate of drug-likeness (QED) is 0.858. The Kier molecular flexibility index (Phi) is 3.74. The molecule has 4 nitrogen and oxygen atoms in total. The van der Waals surface area contributed by atoms with Crippen LogP contribution in [-0.2, 0) is 13.5 Å². The molecule has 2 aromatic rings. The lowest BCUT2D eigenvalue weighted by Gasteiger charge is -2.29. The van der Waals surface area contributed by atoms with Gasteiger partial charge in [-0.25, -0.2) is 0 Å². The zero-order valence-electron chi connectivity index (χ0n) is 12.8. The second-order valence-corrected chi connectivity index (χ2v) is 5.61. The van der Waals surface area contributed by atoms with Crippen LogP contribution in [0.2, 0.25) is 0 Å². The molecule has 0 saturated carbocycles. The van der Waals surface area contributed by atoms with Crippen LogP contribution in [0.1, 0.15) is 12.5 Å². The van der Waals surface area contributed by atoms with E-state index in [1.165, 1.54) is 5.56 Å². The topological polar surface area (TPSA) is 41.2 Å². The van der Waals surface area contributed by atoms with E-state index in [4.69, 9.17) is 4.74 Å². The molecule has 1 unspecified atom stereocenters. The van der Waals surface area contributed by atoms with Crippen molar-refractivity contribution in [3.8, 4) is 11.8 Å². The van der Waals surface area contributed by atoms with Gasteiger partial charge in [-0.2, -0.15) is 5.26 Å². The highest BCUT2D eigenvalue weighted by molar-refractivity contribution is 5.85. The van der Waals surface area contributed by atoms with Crippen molar-refractivity contribution in [1.29, 1.82) is 5.26 Å². The number of ether oxygens (including phenoxy) is 1. The lowest BCUT2D eigenvalue weighted by atomic mass is 9.93. The maximum atomic E-state index is 9.47. The van der Waals surface area contributed by atoms with Gasteiger partial charge in [-0.1, -0.05) is 0 Å². The van der Waals surface area contributed by atoms with E-state index < -0.39 is 5.54 Å². The summed E-state index contributed by atoms with van der Waals surface area (Å²) in [6.07, 6.45) is 2.78. The molecule has 20 heavy (non-hydrogen) atoms. The zero-order valence-corrected chi connectivity index (χ0v) is 12.8. The van der Waals surface area contributed by atoms with Gasteiger partial charge in [0.05, 0.1) is 13.2 Å². The van der Waals surface area contributed by atoms with Gasteiger partial charge in [0, 0.05) is 30.6 Å². The number of hydrogen-bond acceptors (Lipinski definition) is 3. The third-order valence-electron chi connectivity index (χ3n) is 4.04. The lowest BCUT2D eigenvalue weighted by Crippen LogP contribution is -2.41. The van der Waals surface area contributed by atoms with Crippen LogP contribution < -0.4 is 4.74 Å². The van der Waals surface area contributed by atoms with Gasteiger partial charge in [0.2, 0.25) is 0 Å². The molecule has 0 saturated heterocycles. The van der Waals surface area contributed by atoms with Crippen LogP contribution in [-0.4, -0.2) is 36.2 Å². The molecule has 106 valence electrons. The minimum atomic E-state index is -0.517. The van der Waals surface area contributed by atoms with Crippen molar-refractivity contribution in [2.45, 2.75) is 18.9 Å². The Labute approximate surface area is 120 Å². The minimum absolute atomic E-state index is 0.517. The molecular formula is C16H21N3O. The third-order valence-corrected chi connectivity index (χ3v) is 4.04. The Bertz CT molecular complexity index is 666. The van der Waals surface area contributed by atoms with Crippen molar-refractivity contribution in [2.75, 3.05) is 21.2 Å². The average Bonchev–Trinajstić information content (AvgIpc) is 2.74. The van der Waals surface area contributed by atoms with Crippen LogP contribution in [0.25, 0.3) is 10.9 Å². The summed E-state index contributed by atoms with van der Waals surface area (Å²) in [5.41, 5.74) is 1.80. The molecule has 0 amide bonds. The highest BCUT2D eigenvalue weighted by atomic mass is 16.5. The van der Waals surface area contributed by atoms with Crippen molar-refractivity contribution in [3.63, 3.8) is 0 Å². The Morgan fingerprint density at radius 1 is 1.40 bits per heavy atom. The summed E-state index contributed by atoms with van der Waals surface area (Å²) in [4.78, 5) is 1.96. The van der Waals surface area contributed by atoms with E-state index in [0.717, 1.165) is 16.7 Å². The van der Waals surface area contributed by atoms with Crippen molar-refractivity contribution in [1.82, 2.24) is 9.47 Å². The fraction of sp³-hybridized carbons (Fsp3) is 0.438. The van der Waals surface area contributed by atoms with Crippen molar-refractivity contribution >= 4 is 10.9 Å². The molecule has 0 spiro atoms. The molecule has 2 rings (SSSR count). The molecule has 1 heterocycles. The number of aryl methyl sites for hydroxylation is 1. The Morgan fingerprint density at radius 2 is 2.10 bits per heavy atom. The van der Waals surface area contributed by atoms with Crippen LogP contribution in [0.4, 0.5) is 0 Å². The van der Waals surface area contributed by atoms with E-state index in [2.05, 4.69) is 22.9 Å². The molecule has 0 bridgehead atoms. The molecule has 0 fully saturated rings. The fourth-order valence-corrected chi connectivity index (χ4v) is 2.39. The van der Waals surface area contributed by atoms with Crippen molar-refractivity contribution < 1.29 is 4.74 Å². The van der Waals surface area contributed by atoms with Gasteiger partial charge in [-0.15, -0.1) is 0 Å². The maximum Gasteiger partial charge on any atom is 0.119 e. The minimum Gasteiger partial charge on any atom is -0.497 e. The number of fused-ring (bicyclic) bond motifs is 1. The van der Waals surface area contributed by atoms with Gasteiger partial charge in [0.1, 0.15) is 11.3 Å². The second kappa shape index (κ2) is 5.18. The van der Waals surface area contributed by atoms with E-state index in [-0.39, 0.29) is 0 Å². The summed E-state index contributed by atoms with van der Waals surface area (Å²) in [7, 11) is 7.57. The molecule has 0 N–H and O–H groups in total. The standard InChI is InChI=1S/C16H21N3O/c1-16(11-17,18(2)3)9-12-10-19(4)15-7-6-13(20-5)8-14(12)15/h6-8,10H,9H2,1-5H3. The molecule has 0 aliphatic heterocycles. The summed E-state index contributed by atoms with van der Waals surface area (Å²) in [6, 6.07) is 8.47. The number of hydrogen-bond donors (Lipinski definition) is 0. The third kappa shape index (κ3) is 2.37. The van der Waals surface area contributed by atoms with Gasteiger partial charge in [0.15, 0.2) is 0 Å². The van der Waals surface area contributed by atoms with Gasteiger partial charge in [-0.05, 0) is 44.8 Å². The Hall–Kier alpha value is -1.99. The summed E-state index contributed by atoms with van der Waals surface area (Å²) in [5, 5.41) is 10.6. The number of likely N-dealkylation sites (N-methyl/N-ethyl adjacent to an activating group) is 1. The van der Waals surface area contributed by atoms with E-state index in [9.17, 15) is 5.26 Å². The first kappa shape index (κ1) is 14.4. The number of nitriles is 1. The van der Waals surface area contributed by atoms with E-state index >= 15 is 0 Å². The van der Waals surface area contributed by atoms with Gasteiger partial charge in [0.25, 0.3) is 0 Å². The first-order valence-corrected chi connectivity index (χ1v) is 6.62. The normalized spacial score (nSPS) is 14.2. The molecule has 0 aliphatic rings. The molecule has 0 radical (unpaired) electrons. The summed E-state index contributed by atoms with van der Waals surface area (Å²) >= 11 is 0. The Morgan fingerprint density at radius 3 is 2.65 bits per heavy atom. The van der Waals surface area contributed by atoms with Crippen LogP contribution in [0.15, 0.2) is 24.4 Å².